The van der Waals surface area contributed by atoms with Crippen molar-refractivity contribution in [2.45, 2.75) is 6.54 Å². The van der Waals surface area contributed by atoms with Crippen LogP contribution in [0.15, 0.2) is 29.4 Å². The Morgan fingerprint density at radius 2 is 2.38 bits per heavy atom. The van der Waals surface area contributed by atoms with Crippen LogP contribution in [-0.2, 0) is 6.54 Å². The van der Waals surface area contributed by atoms with Crippen LogP contribution < -0.4 is 5.32 Å². The van der Waals surface area contributed by atoms with Crippen molar-refractivity contribution in [3.8, 4) is 0 Å². The number of benzene rings is 1. The molecule has 0 amide bonds. The molecule has 0 aliphatic carbocycles. The van der Waals surface area contributed by atoms with Crippen molar-refractivity contribution < 1.29 is 0 Å². The summed E-state index contributed by atoms with van der Waals surface area (Å²) in [7, 11) is 0. The number of aliphatic imine (C=N–C) groups is 1. The summed E-state index contributed by atoms with van der Waals surface area (Å²) in [5.74, 6) is 0.991. The summed E-state index contributed by atoms with van der Waals surface area (Å²) in [6.45, 7) is 2.47. The first-order chi connectivity index (χ1) is 7.84. The van der Waals surface area contributed by atoms with Crippen molar-refractivity contribution in [1.29, 1.82) is 0 Å². The maximum absolute atomic E-state index is 6.09. The van der Waals surface area contributed by atoms with Crippen LogP contribution in [0, 0.1) is 0 Å². The first-order valence-electron chi connectivity index (χ1n) is 5.22. The fourth-order valence-corrected chi connectivity index (χ4v) is 2.11. The van der Waals surface area contributed by atoms with E-state index in [2.05, 4.69) is 15.4 Å². The fraction of sp³-hybridized carbons (Fsp3) is 0.273. The summed E-state index contributed by atoms with van der Waals surface area (Å²) in [4.78, 5) is 4.35. The molecule has 1 aliphatic heterocycles. The second kappa shape index (κ2) is 3.79. The minimum atomic E-state index is 0.684. The standard InChI is InChI=1S/C11H11ClN4/c12-9-2-1-3-10-8(9)6-15-16(10)7-11-13-4-5-14-11/h1-3,6H,4-5,7H2,(H,13,14). The Balaban J connectivity index is 2.01. The molecule has 82 valence electrons. The van der Waals surface area contributed by atoms with Gasteiger partial charge in [-0.1, -0.05) is 17.7 Å². The zero-order valence-corrected chi connectivity index (χ0v) is 9.41. The van der Waals surface area contributed by atoms with Crippen molar-refractivity contribution in [3.63, 3.8) is 0 Å². The van der Waals surface area contributed by atoms with Gasteiger partial charge in [-0.2, -0.15) is 5.10 Å². The quantitative estimate of drug-likeness (QED) is 0.859. The van der Waals surface area contributed by atoms with Gasteiger partial charge in [0.25, 0.3) is 0 Å². The van der Waals surface area contributed by atoms with E-state index in [-0.39, 0.29) is 0 Å². The van der Waals surface area contributed by atoms with E-state index in [1.807, 2.05) is 22.9 Å². The number of hydrogen-bond donors (Lipinski definition) is 1. The van der Waals surface area contributed by atoms with E-state index in [0.717, 1.165) is 34.9 Å². The van der Waals surface area contributed by atoms with Gasteiger partial charge in [-0.3, -0.25) is 9.67 Å². The van der Waals surface area contributed by atoms with Crippen LogP contribution in [0.1, 0.15) is 0 Å². The van der Waals surface area contributed by atoms with Gasteiger partial charge in [-0.15, -0.1) is 0 Å². The molecule has 3 rings (SSSR count). The van der Waals surface area contributed by atoms with Gasteiger partial charge in [0.2, 0.25) is 0 Å². The van der Waals surface area contributed by atoms with Crippen molar-refractivity contribution in [3.05, 3.63) is 29.4 Å². The van der Waals surface area contributed by atoms with Gasteiger partial charge in [0.15, 0.2) is 0 Å². The number of hydrogen-bond acceptors (Lipinski definition) is 3. The molecule has 1 aromatic heterocycles. The van der Waals surface area contributed by atoms with Gasteiger partial charge in [0.05, 0.1) is 29.8 Å². The number of aromatic nitrogens is 2. The maximum atomic E-state index is 6.09. The molecular weight excluding hydrogens is 224 g/mol. The van der Waals surface area contributed by atoms with Crippen molar-refractivity contribution in [2.75, 3.05) is 13.1 Å². The molecule has 2 heterocycles. The molecule has 0 saturated heterocycles. The highest BCUT2D eigenvalue weighted by molar-refractivity contribution is 6.35. The van der Waals surface area contributed by atoms with E-state index in [1.54, 1.807) is 6.20 Å². The molecule has 1 N–H and O–H groups in total. The number of halogens is 1. The average Bonchev–Trinajstić information content (AvgIpc) is 2.90. The lowest BCUT2D eigenvalue weighted by Crippen LogP contribution is -2.24. The lowest BCUT2D eigenvalue weighted by atomic mass is 10.2. The van der Waals surface area contributed by atoms with Crippen LogP contribution in [0.3, 0.4) is 0 Å². The average molecular weight is 235 g/mol. The number of rotatable bonds is 2. The Morgan fingerprint density at radius 1 is 1.44 bits per heavy atom. The highest BCUT2D eigenvalue weighted by Gasteiger charge is 2.09. The SMILES string of the molecule is Clc1cccc2c1cnn2CC1=NCCN1. The van der Waals surface area contributed by atoms with Gasteiger partial charge in [-0.25, -0.2) is 0 Å². The van der Waals surface area contributed by atoms with Gasteiger partial charge >= 0.3 is 0 Å². The molecule has 0 saturated carbocycles. The number of nitrogens with one attached hydrogen (secondary N) is 1. The van der Waals surface area contributed by atoms with Gasteiger partial charge in [0, 0.05) is 11.9 Å². The van der Waals surface area contributed by atoms with E-state index in [4.69, 9.17) is 11.6 Å². The molecule has 0 unspecified atom stereocenters. The Morgan fingerprint density at radius 3 is 3.19 bits per heavy atom. The first kappa shape index (κ1) is 9.66. The number of nitrogens with zero attached hydrogens (tertiary/aromatic N) is 3. The van der Waals surface area contributed by atoms with Gasteiger partial charge in [-0.05, 0) is 12.1 Å². The maximum Gasteiger partial charge on any atom is 0.118 e. The molecule has 0 spiro atoms. The second-order valence-electron chi connectivity index (χ2n) is 3.73. The molecular formula is C11H11ClN4. The number of fused-ring (bicyclic) bond motifs is 1. The van der Waals surface area contributed by atoms with E-state index in [9.17, 15) is 0 Å². The van der Waals surface area contributed by atoms with Crippen molar-refractivity contribution in [2.24, 2.45) is 4.99 Å². The monoisotopic (exact) mass is 234 g/mol. The molecule has 0 radical (unpaired) electrons. The molecule has 0 atom stereocenters. The third-order valence-electron chi connectivity index (χ3n) is 2.68. The van der Waals surface area contributed by atoms with Crippen LogP contribution >= 0.6 is 11.6 Å². The summed E-state index contributed by atoms with van der Waals surface area (Å²) in [6, 6.07) is 5.83. The summed E-state index contributed by atoms with van der Waals surface area (Å²) in [5, 5.41) is 9.29. The smallest absolute Gasteiger partial charge is 0.118 e. The minimum absolute atomic E-state index is 0.684. The van der Waals surface area contributed by atoms with Gasteiger partial charge in [0.1, 0.15) is 5.84 Å². The largest absolute Gasteiger partial charge is 0.370 e. The zero-order chi connectivity index (χ0) is 11.0. The molecule has 0 bridgehead atoms. The third kappa shape index (κ3) is 1.55. The van der Waals surface area contributed by atoms with Crippen LogP contribution in [0.4, 0.5) is 0 Å². The molecule has 2 aromatic rings. The highest BCUT2D eigenvalue weighted by atomic mass is 35.5. The molecule has 1 aliphatic rings. The summed E-state index contributed by atoms with van der Waals surface area (Å²) in [6.07, 6.45) is 1.80. The van der Waals surface area contributed by atoms with Crippen LogP contribution in [0.5, 0.6) is 0 Å². The van der Waals surface area contributed by atoms with Crippen molar-refractivity contribution in [1.82, 2.24) is 15.1 Å². The Kier molecular flexibility index (Phi) is 2.29. The Labute approximate surface area is 97.9 Å². The minimum Gasteiger partial charge on any atom is -0.370 e. The topological polar surface area (TPSA) is 42.2 Å². The summed E-state index contributed by atoms with van der Waals surface area (Å²) >= 11 is 6.09. The lowest BCUT2D eigenvalue weighted by molar-refractivity contribution is 0.739. The van der Waals surface area contributed by atoms with E-state index in [0.29, 0.717) is 6.54 Å². The highest BCUT2D eigenvalue weighted by Crippen LogP contribution is 2.22. The summed E-state index contributed by atoms with van der Waals surface area (Å²) < 4.78 is 1.92. The van der Waals surface area contributed by atoms with Crippen LogP contribution in [-0.4, -0.2) is 28.7 Å². The normalized spacial score (nSPS) is 15.2. The molecule has 0 fully saturated rings. The molecule has 5 heteroatoms. The molecule has 16 heavy (non-hydrogen) atoms. The van der Waals surface area contributed by atoms with Crippen molar-refractivity contribution >= 4 is 28.3 Å². The first-order valence-corrected chi connectivity index (χ1v) is 5.59. The predicted molar refractivity (Wildman–Crippen MR) is 65.0 cm³/mol. The van der Waals surface area contributed by atoms with E-state index in [1.165, 1.54) is 0 Å². The predicted octanol–water partition coefficient (Wildman–Crippen LogP) is 1.69. The Hall–Kier alpha value is -1.55. The molecule has 4 nitrogen and oxygen atoms in total. The van der Waals surface area contributed by atoms with Gasteiger partial charge < -0.3 is 5.32 Å². The van der Waals surface area contributed by atoms with E-state index < -0.39 is 0 Å². The lowest BCUT2D eigenvalue weighted by Gasteiger charge is -2.04. The summed E-state index contributed by atoms with van der Waals surface area (Å²) in [5.41, 5.74) is 1.05. The second-order valence-corrected chi connectivity index (χ2v) is 4.14. The van der Waals surface area contributed by atoms with E-state index >= 15 is 0 Å². The third-order valence-corrected chi connectivity index (χ3v) is 3.01. The van der Waals surface area contributed by atoms with Crippen LogP contribution in [0.25, 0.3) is 10.9 Å². The zero-order valence-electron chi connectivity index (χ0n) is 8.65. The fourth-order valence-electron chi connectivity index (χ4n) is 1.89. The van der Waals surface area contributed by atoms with Crippen LogP contribution in [0.2, 0.25) is 5.02 Å². The molecule has 1 aromatic carbocycles. The Bertz CT molecular complexity index is 558. The number of amidine groups is 1.